The summed E-state index contributed by atoms with van der Waals surface area (Å²) in [6.07, 6.45) is 2.76. The predicted molar refractivity (Wildman–Crippen MR) is 86.4 cm³/mol. The third kappa shape index (κ3) is 4.97. The van der Waals surface area contributed by atoms with Crippen LogP contribution in [-0.4, -0.2) is 29.1 Å². The van der Waals surface area contributed by atoms with Crippen LogP contribution >= 0.6 is 0 Å². The first kappa shape index (κ1) is 16.2. The lowest BCUT2D eigenvalue weighted by Gasteiger charge is -2.15. The van der Waals surface area contributed by atoms with Crippen LogP contribution in [0.15, 0.2) is 48.7 Å². The largest absolute Gasteiger partial charge is 0.396 e. The van der Waals surface area contributed by atoms with Crippen LogP contribution in [0.1, 0.15) is 16.8 Å². The molecule has 1 amide bonds. The van der Waals surface area contributed by atoms with E-state index in [4.69, 9.17) is 0 Å². The Morgan fingerprint density at radius 3 is 2.68 bits per heavy atom. The fourth-order valence-corrected chi connectivity index (χ4v) is 2.32. The van der Waals surface area contributed by atoms with Gasteiger partial charge in [-0.1, -0.05) is 30.3 Å². The lowest BCUT2D eigenvalue weighted by molar-refractivity contribution is -0.120. The van der Waals surface area contributed by atoms with Crippen LogP contribution in [0.4, 0.5) is 0 Å². The van der Waals surface area contributed by atoms with E-state index in [1.54, 1.807) is 6.20 Å². The Morgan fingerprint density at radius 1 is 1.23 bits per heavy atom. The maximum Gasteiger partial charge on any atom is 0.224 e. The minimum Gasteiger partial charge on any atom is -0.396 e. The van der Waals surface area contributed by atoms with Crippen molar-refractivity contribution >= 4 is 5.91 Å². The molecule has 2 aromatic rings. The van der Waals surface area contributed by atoms with Gasteiger partial charge in [-0.15, -0.1) is 0 Å². The second-order valence-electron chi connectivity index (χ2n) is 5.48. The van der Waals surface area contributed by atoms with Crippen molar-refractivity contribution in [2.45, 2.75) is 19.8 Å². The Kier molecular flexibility index (Phi) is 6.10. The molecule has 0 spiro atoms. The molecule has 0 aliphatic heterocycles. The van der Waals surface area contributed by atoms with Gasteiger partial charge in [0.15, 0.2) is 0 Å². The minimum atomic E-state index is -0.0197. The van der Waals surface area contributed by atoms with E-state index < -0.39 is 0 Å². The van der Waals surface area contributed by atoms with Crippen molar-refractivity contribution in [3.63, 3.8) is 0 Å². The topological polar surface area (TPSA) is 62.2 Å². The standard InChI is InChI=1S/C18H22N2O2/c1-14-6-2-3-7-16(14)11-18(22)20-12-15(13-21)10-17-8-4-5-9-19-17/h2-9,15,21H,10-13H2,1H3,(H,20,22). The Bertz CT molecular complexity index is 599. The second-order valence-corrected chi connectivity index (χ2v) is 5.48. The first-order valence-corrected chi connectivity index (χ1v) is 7.51. The van der Waals surface area contributed by atoms with E-state index in [0.29, 0.717) is 19.4 Å². The summed E-state index contributed by atoms with van der Waals surface area (Å²) in [6.45, 7) is 2.49. The highest BCUT2D eigenvalue weighted by Crippen LogP contribution is 2.08. The summed E-state index contributed by atoms with van der Waals surface area (Å²) in [5, 5.41) is 12.4. The number of benzene rings is 1. The molecule has 1 unspecified atom stereocenters. The number of nitrogens with zero attached hydrogens (tertiary/aromatic N) is 1. The van der Waals surface area contributed by atoms with Crippen molar-refractivity contribution in [2.24, 2.45) is 5.92 Å². The van der Waals surface area contributed by atoms with Crippen LogP contribution in [0.3, 0.4) is 0 Å². The molecule has 1 aromatic heterocycles. The molecular weight excluding hydrogens is 276 g/mol. The van der Waals surface area contributed by atoms with E-state index in [1.165, 1.54) is 0 Å². The molecule has 0 fully saturated rings. The molecule has 2 N–H and O–H groups in total. The van der Waals surface area contributed by atoms with Gasteiger partial charge in [-0.25, -0.2) is 0 Å². The van der Waals surface area contributed by atoms with Crippen LogP contribution < -0.4 is 5.32 Å². The quantitative estimate of drug-likeness (QED) is 0.820. The van der Waals surface area contributed by atoms with Gasteiger partial charge in [0.05, 0.1) is 6.42 Å². The molecule has 1 heterocycles. The van der Waals surface area contributed by atoms with Gasteiger partial charge in [0.2, 0.25) is 5.91 Å². The van der Waals surface area contributed by atoms with Gasteiger partial charge in [0.25, 0.3) is 0 Å². The number of hydrogen-bond donors (Lipinski definition) is 2. The minimum absolute atomic E-state index is 0.0179. The van der Waals surface area contributed by atoms with Crippen LogP contribution in [0.25, 0.3) is 0 Å². The van der Waals surface area contributed by atoms with E-state index in [2.05, 4.69) is 10.3 Å². The lowest BCUT2D eigenvalue weighted by Crippen LogP contribution is -2.33. The van der Waals surface area contributed by atoms with Crippen molar-refractivity contribution in [1.82, 2.24) is 10.3 Å². The summed E-state index contributed by atoms with van der Waals surface area (Å²) in [6, 6.07) is 13.6. The number of aliphatic hydroxyl groups excluding tert-OH is 1. The number of amides is 1. The van der Waals surface area contributed by atoms with Gasteiger partial charge < -0.3 is 10.4 Å². The van der Waals surface area contributed by atoms with Gasteiger partial charge in [0.1, 0.15) is 0 Å². The number of nitrogens with one attached hydrogen (secondary N) is 1. The average Bonchev–Trinajstić information content (AvgIpc) is 2.54. The first-order chi connectivity index (χ1) is 10.7. The normalized spacial score (nSPS) is 11.9. The Morgan fingerprint density at radius 2 is 2.00 bits per heavy atom. The molecule has 116 valence electrons. The second kappa shape index (κ2) is 8.29. The number of carbonyl (C=O) groups is 1. The highest BCUT2D eigenvalue weighted by molar-refractivity contribution is 5.78. The zero-order valence-electron chi connectivity index (χ0n) is 12.8. The van der Waals surface area contributed by atoms with E-state index >= 15 is 0 Å². The molecule has 0 radical (unpaired) electrons. The molecule has 0 bridgehead atoms. The number of pyridine rings is 1. The zero-order chi connectivity index (χ0) is 15.8. The lowest BCUT2D eigenvalue weighted by atomic mass is 10.0. The number of aryl methyl sites for hydroxylation is 1. The summed E-state index contributed by atoms with van der Waals surface area (Å²) in [5.41, 5.74) is 3.07. The van der Waals surface area contributed by atoms with Crippen molar-refractivity contribution in [3.8, 4) is 0 Å². The molecule has 0 saturated heterocycles. The SMILES string of the molecule is Cc1ccccc1CC(=O)NCC(CO)Cc1ccccn1. The average molecular weight is 298 g/mol. The van der Waals surface area contributed by atoms with Gasteiger partial charge >= 0.3 is 0 Å². The summed E-state index contributed by atoms with van der Waals surface area (Å²) in [4.78, 5) is 16.3. The smallest absolute Gasteiger partial charge is 0.224 e. The van der Waals surface area contributed by atoms with Crippen LogP contribution in [-0.2, 0) is 17.6 Å². The zero-order valence-corrected chi connectivity index (χ0v) is 12.8. The molecule has 0 aliphatic rings. The molecule has 0 aliphatic carbocycles. The van der Waals surface area contributed by atoms with E-state index in [1.807, 2.05) is 49.4 Å². The molecule has 2 rings (SSSR count). The van der Waals surface area contributed by atoms with E-state index in [-0.39, 0.29) is 18.4 Å². The molecular formula is C18H22N2O2. The molecule has 1 atom stereocenters. The number of aliphatic hydroxyl groups is 1. The highest BCUT2D eigenvalue weighted by Gasteiger charge is 2.12. The molecule has 4 nitrogen and oxygen atoms in total. The number of hydrogen-bond acceptors (Lipinski definition) is 3. The number of rotatable bonds is 7. The number of carbonyl (C=O) groups excluding carboxylic acids is 1. The van der Waals surface area contributed by atoms with Gasteiger partial charge in [-0.2, -0.15) is 0 Å². The van der Waals surface area contributed by atoms with Crippen LogP contribution in [0.2, 0.25) is 0 Å². The molecule has 1 aromatic carbocycles. The third-order valence-electron chi connectivity index (χ3n) is 3.68. The van der Waals surface area contributed by atoms with E-state index in [9.17, 15) is 9.90 Å². The predicted octanol–water partition coefficient (Wildman–Crippen LogP) is 1.90. The van der Waals surface area contributed by atoms with Crippen molar-refractivity contribution < 1.29 is 9.90 Å². The van der Waals surface area contributed by atoms with Gasteiger partial charge in [0, 0.05) is 31.0 Å². The summed E-state index contributed by atoms with van der Waals surface area (Å²) >= 11 is 0. The van der Waals surface area contributed by atoms with Crippen molar-refractivity contribution in [2.75, 3.05) is 13.2 Å². The van der Waals surface area contributed by atoms with Crippen molar-refractivity contribution in [3.05, 3.63) is 65.5 Å². The van der Waals surface area contributed by atoms with Gasteiger partial charge in [-0.3, -0.25) is 9.78 Å². The third-order valence-corrected chi connectivity index (χ3v) is 3.68. The Hall–Kier alpha value is -2.20. The monoisotopic (exact) mass is 298 g/mol. The first-order valence-electron chi connectivity index (χ1n) is 7.51. The Balaban J connectivity index is 1.83. The van der Waals surface area contributed by atoms with Gasteiger partial charge in [-0.05, 0) is 36.6 Å². The van der Waals surface area contributed by atoms with Crippen LogP contribution in [0.5, 0.6) is 0 Å². The van der Waals surface area contributed by atoms with Crippen LogP contribution in [0, 0.1) is 12.8 Å². The van der Waals surface area contributed by atoms with E-state index in [0.717, 1.165) is 16.8 Å². The van der Waals surface area contributed by atoms with Crippen molar-refractivity contribution in [1.29, 1.82) is 0 Å². The number of aromatic nitrogens is 1. The fourth-order valence-electron chi connectivity index (χ4n) is 2.32. The maximum atomic E-state index is 12.0. The fraction of sp³-hybridized carbons (Fsp3) is 0.333. The molecule has 22 heavy (non-hydrogen) atoms. The summed E-state index contributed by atoms with van der Waals surface area (Å²) in [5.74, 6) is -0.0375. The maximum absolute atomic E-state index is 12.0. The molecule has 4 heteroatoms. The molecule has 0 saturated carbocycles. The summed E-state index contributed by atoms with van der Waals surface area (Å²) < 4.78 is 0. The Labute approximate surface area is 131 Å². The highest BCUT2D eigenvalue weighted by atomic mass is 16.3. The summed E-state index contributed by atoms with van der Waals surface area (Å²) in [7, 11) is 0.